The molecule has 2 aromatic rings. The van der Waals surface area contributed by atoms with E-state index in [1.807, 2.05) is 20.8 Å². The zero-order chi connectivity index (χ0) is 19.7. The quantitative estimate of drug-likeness (QED) is 0.584. The molecule has 0 aliphatic heterocycles. The maximum atomic E-state index is 14.0. The van der Waals surface area contributed by atoms with Gasteiger partial charge in [-0.3, -0.25) is 4.68 Å². The average molecular weight is 372 g/mol. The monoisotopic (exact) mass is 372 g/mol. The molecule has 0 unspecified atom stereocenters. The second-order valence-corrected chi connectivity index (χ2v) is 6.85. The Bertz CT molecular complexity index is 804. The summed E-state index contributed by atoms with van der Waals surface area (Å²) in [5, 5.41) is 4.28. The van der Waals surface area contributed by atoms with Gasteiger partial charge in [-0.15, -0.1) is 0 Å². The maximum absolute atomic E-state index is 14.0. The Kier molecular flexibility index (Phi) is 5.44. The summed E-state index contributed by atoms with van der Waals surface area (Å²) >= 11 is 0. The molecule has 0 atom stereocenters. The molecule has 0 fully saturated rings. The highest BCUT2D eigenvalue weighted by atomic mass is 19.4. The summed E-state index contributed by atoms with van der Waals surface area (Å²) in [5.41, 5.74) is -0.969. The Morgan fingerprint density at radius 1 is 1.19 bits per heavy atom. The van der Waals surface area contributed by atoms with Crippen LogP contribution in [0.2, 0.25) is 0 Å². The van der Waals surface area contributed by atoms with E-state index in [0.29, 0.717) is 11.8 Å². The van der Waals surface area contributed by atoms with Gasteiger partial charge in [0.05, 0.1) is 24.4 Å². The van der Waals surface area contributed by atoms with E-state index in [2.05, 4.69) is 5.10 Å². The molecule has 1 aromatic carbocycles. The number of alkyl halides is 3. The molecule has 142 valence electrons. The van der Waals surface area contributed by atoms with Crippen LogP contribution in [0.1, 0.15) is 55.0 Å². The summed E-state index contributed by atoms with van der Waals surface area (Å²) in [6.45, 7) is 7.07. The first-order chi connectivity index (χ1) is 11.9. The van der Waals surface area contributed by atoms with E-state index in [-0.39, 0.29) is 24.4 Å². The van der Waals surface area contributed by atoms with E-state index in [9.17, 15) is 22.4 Å². The normalized spacial score (nSPS) is 12.3. The summed E-state index contributed by atoms with van der Waals surface area (Å²) in [7, 11) is 0. The maximum Gasteiger partial charge on any atom is 0.416 e. The molecule has 0 radical (unpaired) electrons. The highest BCUT2D eigenvalue weighted by molar-refractivity contribution is 5.87. The van der Waals surface area contributed by atoms with Crippen molar-refractivity contribution in [3.63, 3.8) is 0 Å². The fourth-order valence-electron chi connectivity index (χ4n) is 2.31. The topological polar surface area (TPSA) is 44.1 Å². The molecule has 26 heavy (non-hydrogen) atoms. The minimum Gasteiger partial charge on any atom is -0.461 e. The van der Waals surface area contributed by atoms with E-state index in [4.69, 9.17) is 4.74 Å². The van der Waals surface area contributed by atoms with Gasteiger partial charge in [-0.25, -0.2) is 9.18 Å². The molecule has 1 heterocycles. The SMILES string of the molecule is CCOC(=O)c1cc(C(C)(C)C)nn1Cc1cc(C(F)(F)F)ccc1F. The number of benzene rings is 1. The third-order valence-electron chi connectivity index (χ3n) is 3.73. The number of ether oxygens (including phenoxy) is 1. The lowest BCUT2D eigenvalue weighted by Gasteiger charge is -2.14. The van der Waals surface area contributed by atoms with Crippen molar-refractivity contribution in [2.45, 2.75) is 45.8 Å². The molecule has 0 amide bonds. The number of carbonyl (C=O) groups is 1. The van der Waals surface area contributed by atoms with Gasteiger partial charge >= 0.3 is 12.1 Å². The van der Waals surface area contributed by atoms with Crippen LogP contribution in [0.5, 0.6) is 0 Å². The van der Waals surface area contributed by atoms with Crippen molar-refractivity contribution in [1.82, 2.24) is 9.78 Å². The lowest BCUT2D eigenvalue weighted by Crippen LogP contribution is -2.16. The Morgan fingerprint density at radius 2 is 1.85 bits per heavy atom. The molecular weight excluding hydrogens is 352 g/mol. The van der Waals surface area contributed by atoms with Gasteiger partial charge in [0.1, 0.15) is 11.5 Å². The van der Waals surface area contributed by atoms with Crippen LogP contribution in [0.15, 0.2) is 24.3 Å². The molecule has 0 N–H and O–H groups in total. The van der Waals surface area contributed by atoms with Crippen LogP contribution < -0.4 is 0 Å². The van der Waals surface area contributed by atoms with Crippen LogP contribution in [-0.2, 0) is 22.9 Å². The Hall–Kier alpha value is -2.38. The van der Waals surface area contributed by atoms with Crippen molar-refractivity contribution in [3.05, 3.63) is 52.6 Å². The Morgan fingerprint density at radius 3 is 2.38 bits per heavy atom. The number of aromatic nitrogens is 2. The van der Waals surface area contributed by atoms with Gasteiger partial charge in [0, 0.05) is 11.0 Å². The highest BCUT2D eigenvalue weighted by Crippen LogP contribution is 2.31. The molecule has 0 aliphatic rings. The van der Waals surface area contributed by atoms with E-state index >= 15 is 0 Å². The van der Waals surface area contributed by atoms with Gasteiger partial charge in [0.25, 0.3) is 0 Å². The van der Waals surface area contributed by atoms with E-state index in [1.54, 1.807) is 6.92 Å². The van der Waals surface area contributed by atoms with Crippen molar-refractivity contribution >= 4 is 5.97 Å². The van der Waals surface area contributed by atoms with E-state index in [1.165, 1.54) is 10.7 Å². The van der Waals surface area contributed by atoms with Crippen LogP contribution >= 0.6 is 0 Å². The van der Waals surface area contributed by atoms with Gasteiger partial charge in [-0.1, -0.05) is 20.8 Å². The Balaban J connectivity index is 2.48. The molecule has 0 saturated heterocycles. The smallest absolute Gasteiger partial charge is 0.416 e. The number of nitrogens with zero attached hydrogens (tertiary/aromatic N) is 2. The summed E-state index contributed by atoms with van der Waals surface area (Å²) in [6.07, 6.45) is -4.59. The van der Waals surface area contributed by atoms with Gasteiger partial charge in [0.15, 0.2) is 0 Å². The molecule has 0 spiro atoms. The second-order valence-electron chi connectivity index (χ2n) is 6.85. The van der Waals surface area contributed by atoms with Crippen molar-refractivity contribution in [2.75, 3.05) is 6.61 Å². The summed E-state index contributed by atoms with van der Waals surface area (Å²) in [5.74, 6) is -1.47. The third kappa shape index (κ3) is 4.42. The number of esters is 1. The van der Waals surface area contributed by atoms with Crippen molar-refractivity contribution in [1.29, 1.82) is 0 Å². The van der Waals surface area contributed by atoms with Crippen LogP contribution in [0, 0.1) is 5.82 Å². The molecular formula is C18H20F4N2O2. The van der Waals surface area contributed by atoms with E-state index in [0.717, 1.165) is 12.1 Å². The molecule has 1 aromatic heterocycles. The minimum absolute atomic E-state index is 0.0635. The lowest BCUT2D eigenvalue weighted by atomic mass is 9.92. The van der Waals surface area contributed by atoms with Crippen LogP contribution in [-0.4, -0.2) is 22.4 Å². The summed E-state index contributed by atoms with van der Waals surface area (Å²) in [6, 6.07) is 3.68. The number of hydrogen-bond donors (Lipinski definition) is 0. The summed E-state index contributed by atoms with van der Waals surface area (Å²) in [4.78, 5) is 12.2. The van der Waals surface area contributed by atoms with Gasteiger partial charge < -0.3 is 4.74 Å². The molecule has 0 bridgehead atoms. The van der Waals surface area contributed by atoms with E-state index < -0.39 is 28.9 Å². The molecule has 2 rings (SSSR count). The standard InChI is InChI=1S/C18H20F4N2O2/c1-5-26-16(25)14-9-15(17(2,3)4)23-24(14)10-11-8-12(18(20,21)22)6-7-13(11)19/h6-9H,5,10H2,1-4H3. The third-order valence-corrected chi connectivity index (χ3v) is 3.73. The van der Waals surface area contributed by atoms with Crippen molar-refractivity contribution in [3.8, 4) is 0 Å². The molecule has 0 aliphatic carbocycles. The first-order valence-corrected chi connectivity index (χ1v) is 8.04. The highest BCUT2D eigenvalue weighted by Gasteiger charge is 2.31. The number of halogens is 4. The zero-order valence-electron chi connectivity index (χ0n) is 14.9. The minimum atomic E-state index is -4.59. The second kappa shape index (κ2) is 7.09. The Labute approximate surface area is 148 Å². The average Bonchev–Trinajstić information content (AvgIpc) is 2.93. The molecule has 4 nitrogen and oxygen atoms in total. The fourth-order valence-corrected chi connectivity index (χ4v) is 2.31. The number of hydrogen-bond acceptors (Lipinski definition) is 3. The van der Waals surface area contributed by atoms with Crippen LogP contribution in [0.25, 0.3) is 0 Å². The predicted octanol–water partition coefficient (Wildman–Crippen LogP) is 4.56. The van der Waals surface area contributed by atoms with Crippen molar-refractivity contribution in [2.24, 2.45) is 0 Å². The van der Waals surface area contributed by atoms with Gasteiger partial charge in [-0.2, -0.15) is 18.3 Å². The molecule has 0 saturated carbocycles. The predicted molar refractivity (Wildman–Crippen MR) is 87.4 cm³/mol. The number of carbonyl (C=O) groups excluding carboxylic acids is 1. The van der Waals surface area contributed by atoms with Gasteiger partial charge in [0.2, 0.25) is 0 Å². The van der Waals surface area contributed by atoms with Crippen LogP contribution in [0.4, 0.5) is 17.6 Å². The summed E-state index contributed by atoms with van der Waals surface area (Å²) < 4.78 is 58.8. The lowest BCUT2D eigenvalue weighted by molar-refractivity contribution is -0.137. The fraction of sp³-hybridized carbons (Fsp3) is 0.444. The first-order valence-electron chi connectivity index (χ1n) is 8.04. The largest absolute Gasteiger partial charge is 0.461 e. The van der Waals surface area contributed by atoms with Gasteiger partial charge in [-0.05, 0) is 31.2 Å². The van der Waals surface area contributed by atoms with Crippen molar-refractivity contribution < 1.29 is 27.1 Å². The zero-order valence-corrected chi connectivity index (χ0v) is 14.9. The van der Waals surface area contributed by atoms with Crippen LogP contribution in [0.3, 0.4) is 0 Å². The number of rotatable bonds is 4. The first kappa shape index (κ1) is 19.9. The molecule has 8 heteroatoms.